The van der Waals surface area contributed by atoms with E-state index in [0.717, 1.165) is 11.4 Å². The fraction of sp³-hybridized carbons (Fsp3) is 0.176. The summed E-state index contributed by atoms with van der Waals surface area (Å²) in [5, 5.41) is 0.666. The zero-order valence-electron chi connectivity index (χ0n) is 12.4. The van der Waals surface area contributed by atoms with E-state index in [-0.39, 0.29) is 0 Å². The van der Waals surface area contributed by atoms with Gasteiger partial charge >= 0.3 is 0 Å². The van der Waals surface area contributed by atoms with E-state index in [0.29, 0.717) is 34.6 Å². The minimum Gasteiger partial charge on any atom is -0.487 e. The molecule has 3 rings (SSSR count). The maximum absolute atomic E-state index is 11.5. The molecule has 0 unspecified atom stereocenters. The maximum atomic E-state index is 11.5. The van der Waals surface area contributed by atoms with Crippen molar-refractivity contribution in [1.29, 1.82) is 0 Å². The van der Waals surface area contributed by atoms with Crippen LogP contribution in [0.4, 0.5) is 0 Å². The van der Waals surface area contributed by atoms with Gasteiger partial charge in [-0.25, -0.2) is 0 Å². The number of fused-ring (bicyclic) bond motifs is 1. The number of carbonyl (C=O) groups is 1. The Balaban J connectivity index is 1.88. The van der Waals surface area contributed by atoms with Crippen molar-refractivity contribution in [1.82, 2.24) is 4.98 Å². The number of nitrogens with two attached hydrogens (primary N) is 1. The monoisotopic (exact) mass is 296 g/mol. The predicted octanol–water partition coefficient (Wildman–Crippen LogP) is 3.12. The summed E-state index contributed by atoms with van der Waals surface area (Å²) in [6.07, 6.45) is 0. The van der Waals surface area contributed by atoms with E-state index >= 15 is 0 Å². The Morgan fingerprint density at radius 2 is 2.09 bits per heavy atom. The van der Waals surface area contributed by atoms with Crippen LogP contribution in [-0.4, -0.2) is 10.9 Å². The third-order valence-corrected chi connectivity index (χ3v) is 3.41. The summed E-state index contributed by atoms with van der Waals surface area (Å²) in [7, 11) is 0. The number of hydrogen-bond donors (Lipinski definition) is 1. The maximum Gasteiger partial charge on any atom is 0.252 e. The molecule has 0 atom stereocenters. The molecule has 0 saturated carbocycles. The van der Waals surface area contributed by atoms with Crippen molar-refractivity contribution in [2.45, 2.75) is 20.5 Å². The van der Waals surface area contributed by atoms with Crippen molar-refractivity contribution in [2.75, 3.05) is 0 Å². The first-order valence-electron chi connectivity index (χ1n) is 6.93. The summed E-state index contributed by atoms with van der Waals surface area (Å²) in [5.74, 6) is 0.646. The lowest BCUT2D eigenvalue weighted by Crippen LogP contribution is -2.11. The second-order valence-corrected chi connectivity index (χ2v) is 5.11. The number of nitrogens with zero attached hydrogens (tertiary/aromatic N) is 1. The van der Waals surface area contributed by atoms with E-state index in [1.165, 1.54) is 0 Å². The van der Waals surface area contributed by atoms with Crippen LogP contribution in [0.1, 0.15) is 27.5 Å². The zero-order chi connectivity index (χ0) is 15.7. The van der Waals surface area contributed by atoms with E-state index < -0.39 is 5.91 Å². The molecule has 2 heterocycles. The van der Waals surface area contributed by atoms with Crippen molar-refractivity contribution in [3.63, 3.8) is 0 Å². The van der Waals surface area contributed by atoms with Crippen LogP contribution < -0.4 is 10.5 Å². The summed E-state index contributed by atoms with van der Waals surface area (Å²) in [6.45, 7) is 4.01. The van der Waals surface area contributed by atoms with Gasteiger partial charge in [0.25, 0.3) is 5.91 Å². The fourth-order valence-corrected chi connectivity index (χ4v) is 2.43. The Hall–Kier alpha value is -2.82. The summed E-state index contributed by atoms with van der Waals surface area (Å²) < 4.78 is 11.3. The van der Waals surface area contributed by atoms with Gasteiger partial charge in [0.15, 0.2) is 0 Å². The van der Waals surface area contributed by atoms with Gasteiger partial charge in [-0.1, -0.05) is 6.07 Å². The smallest absolute Gasteiger partial charge is 0.252 e. The Kier molecular flexibility index (Phi) is 3.55. The molecule has 0 saturated heterocycles. The molecule has 1 aromatic carbocycles. The lowest BCUT2D eigenvalue weighted by atomic mass is 10.1. The van der Waals surface area contributed by atoms with Gasteiger partial charge in [-0.05, 0) is 44.2 Å². The molecule has 2 aromatic heterocycles. The number of aryl methyl sites for hydroxylation is 2. The van der Waals surface area contributed by atoms with Gasteiger partial charge < -0.3 is 14.9 Å². The van der Waals surface area contributed by atoms with E-state index in [2.05, 4.69) is 4.98 Å². The predicted molar refractivity (Wildman–Crippen MR) is 82.8 cm³/mol. The lowest BCUT2D eigenvalue weighted by Gasteiger charge is -2.06. The molecule has 1 amide bonds. The Morgan fingerprint density at radius 1 is 1.27 bits per heavy atom. The Bertz CT molecular complexity index is 852. The van der Waals surface area contributed by atoms with Crippen molar-refractivity contribution >= 4 is 16.9 Å². The first-order chi connectivity index (χ1) is 10.5. The number of carbonyl (C=O) groups excluding carboxylic acids is 1. The quantitative estimate of drug-likeness (QED) is 0.802. The first-order valence-corrected chi connectivity index (χ1v) is 6.93. The standard InChI is InChI=1S/C17H16N2O3/c1-10-4-3-5-12(19-10)9-21-13-6-7-15-14(8-13)16(17(18)20)11(2)22-15/h3-8H,9H2,1-2H3,(H2,18,20). The molecule has 3 aromatic rings. The van der Waals surface area contributed by atoms with Gasteiger partial charge in [-0.2, -0.15) is 0 Å². The largest absolute Gasteiger partial charge is 0.487 e. The van der Waals surface area contributed by atoms with Crippen LogP contribution in [-0.2, 0) is 6.61 Å². The number of ether oxygens (including phenoxy) is 1. The van der Waals surface area contributed by atoms with Gasteiger partial charge in [0.05, 0.1) is 11.3 Å². The average molecular weight is 296 g/mol. The Morgan fingerprint density at radius 3 is 2.82 bits per heavy atom. The van der Waals surface area contributed by atoms with E-state index in [1.54, 1.807) is 25.1 Å². The van der Waals surface area contributed by atoms with Gasteiger partial charge in [-0.15, -0.1) is 0 Å². The molecular formula is C17H16N2O3. The molecule has 0 aliphatic heterocycles. The van der Waals surface area contributed by atoms with E-state index in [9.17, 15) is 4.79 Å². The van der Waals surface area contributed by atoms with Crippen LogP contribution in [0.25, 0.3) is 11.0 Å². The van der Waals surface area contributed by atoms with Gasteiger partial charge in [-0.3, -0.25) is 9.78 Å². The Labute approximate surface area is 127 Å². The van der Waals surface area contributed by atoms with Crippen molar-refractivity contribution < 1.29 is 13.9 Å². The summed E-state index contributed by atoms with van der Waals surface area (Å²) in [4.78, 5) is 15.9. The SMILES string of the molecule is Cc1cccc(COc2ccc3oc(C)c(C(N)=O)c3c2)n1. The molecule has 0 bridgehead atoms. The van der Waals surface area contributed by atoms with Crippen molar-refractivity contribution in [2.24, 2.45) is 5.73 Å². The molecule has 5 nitrogen and oxygen atoms in total. The molecule has 5 heteroatoms. The summed E-state index contributed by atoms with van der Waals surface area (Å²) in [6, 6.07) is 11.1. The molecule has 0 fully saturated rings. The normalized spacial score (nSPS) is 10.8. The second-order valence-electron chi connectivity index (χ2n) is 5.11. The topological polar surface area (TPSA) is 78.4 Å². The van der Waals surface area contributed by atoms with Crippen LogP contribution in [0.2, 0.25) is 0 Å². The number of furan rings is 1. The van der Waals surface area contributed by atoms with E-state index in [1.807, 2.05) is 25.1 Å². The third-order valence-electron chi connectivity index (χ3n) is 3.41. The van der Waals surface area contributed by atoms with Crippen LogP contribution in [0.15, 0.2) is 40.8 Å². The first kappa shape index (κ1) is 14.1. The molecule has 0 radical (unpaired) electrons. The second kappa shape index (κ2) is 5.52. The minimum absolute atomic E-state index is 0.357. The van der Waals surface area contributed by atoms with E-state index in [4.69, 9.17) is 14.9 Å². The van der Waals surface area contributed by atoms with Crippen molar-refractivity contribution in [3.05, 3.63) is 59.1 Å². The molecule has 22 heavy (non-hydrogen) atoms. The molecule has 112 valence electrons. The zero-order valence-corrected chi connectivity index (χ0v) is 12.4. The highest BCUT2D eigenvalue weighted by Gasteiger charge is 2.16. The number of amides is 1. The van der Waals surface area contributed by atoms with Crippen LogP contribution in [0.3, 0.4) is 0 Å². The number of aromatic nitrogens is 1. The van der Waals surface area contributed by atoms with Gasteiger partial charge in [0.2, 0.25) is 0 Å². The number of benzene rings is 1. The number of hydrogen-bond acceptors (Lipinski definition) is 4. The highest BCUT2D eigenvalue weighted by atomic mass is 16.5. The van der Waals surface area contributed by atoms with Crippen molar-refractivity contribution in [3.8, 4) is 5.75 Å². The summed E-state index contributed by atoms with van der Waals surface area (Å²) in [5.41, 5.74) is 8.21. The number of pyridine rings is 1. The lowest BCUT2D eigenvalue weighted by molar-refractivity contribution is 0.1000. The summed E-state index contributed by atoms with van der Waals surface area (Å²) >= 11 is 0. The number of rotatable bonds is 4. The van der Waals surface area contributed by atoms with Crippen LogP contribution in [0.5, 0.6) is 5.75 Å². The minimum atomic E-state index is -0.506. The van der Waals surface area contributed by atoms with Gasteiger partial charge in [0.1, 0.15) is 23.7 Å². The van der Waals surface area contributed by atoms with Gasteiger partial charge in [0, 0.05) is 11.1 Å². The highest BCUT2D eigenvalue weighted by Crippen LogP contribution is 2.29. The fourth-order valence-electron chi connectivity index (χ4n) is 2.43. The molecule has 0 aliphatic carbocycles. The molecule has 0 spiro atoms. The van der Waals surface area contributed by atoms with Crippen LogP contribution >= 0.6 is 0 Å². The number of primary amides is 1. The van der Waals surface area contributed by atoms with Crippen LogP contribution in [0, 0.1) is 13.8 Å². The molecular weight excluding hydrogens is 280 g/mol. The highest BCUT2D eigenvalue weighted by molar-refractivity contribution is 6.06. The molecule has 0 aliphatic rings. The average Bonchev–Trinajstić information content (AvgIpc) is 2.80. The molecule has 2 N–H and O–H groups in total. The third kappa shape index (κ3) is 2.65.